The van der Waals surface area contributed by atoms with Crippen LogP contribution < -0.4 is 10.6 Å². The summed E-state index contributed by atoms with van der Waals surface area (Å²) in [6.45, 7) is 0.433. The van der Waals surface area contributed by atoms with Gasteiger partial charge in [-0.05, 0) is 49.8 Å². The highest BCUT2D eigenvalue weighted by Crippen LogP contribution is 2.44. The van der Waals surface area contributed by atoms with Crippen LogP contribution in [0.25, 0.3) is 0 Å². The van der Waals surface area contributed by atoms with E-state index < -0.39 is 57.4 Å². The highest BCUT2D eigenvalue weighted by atomic mass is 35.5. The largest absolute Gasteiger partial charge is 0.480 e. The van der Waals surface area contributed by atoms with E-state index in [1.165, 1.54) is 6.07 Å². The number of aliphatic hydroxyl groups is 1. The van der Waals surface area contributed by atoms with Crippen LogP contribution in [0.1, 0.15) is 25.7 Å². The molecule has 13 heteroatoms. The summed E-state index contributed by atoms with van der Waals surface area (Å²) in [6.07, 6.45) is -6.17. The summed E-state index contributed by atoms with van der Waals surface area (Å²) in [7, 11) is -3.55. The standard InChI is InChI=1S/C19H26Cl2F3N3O4S/c20-13-1-2-16(14(21)11-13)27-7-3-12(4-8-27)18(30,19(22,23)24)6-10-32(26,31)9-5-15(25)17(28)29/h1-2,11-12,15,26,30H,3-10,25H2,(H,28,29)/t15-,18?,32?/m0/s1. The third-order valence-electron chi connectivity index (χ3n) is 5.80. The van der Waals surface area contributed by atoms with Crippen molar-refractivity contribution in [3.05, 3.63) is 28.2 Å². The summed E-state index contributed by atoms with van der Waals surface area (Å²) in [6, 6.07) is 3.49. The van der Waals surface area contributed by atoms with Gasteiger partial charge in [0.1, 0.15) is 6.04 Å². The Morgan fingerprint density at radius 1 is 1.28 bits per heavy atom. The fourth-order valence-corrected chi connectivity index (χ4v) is 5.78. The molecule has 1 fully saturated rings. The SMILES string of the molecule is N=S(=O)(CC[C@H](N)C(=O)O)CCC(O)(C1CCN(c2ccc(Cl)cc2Cl)CC1)C(F)(F)F. The van der Waals surface area contributed by atoms with Gasteiger partial charge in [-0.25, -0.2) is 4.21 Å². The number of hydrogen-bond acceptors (Lipinski definition) is 6. The van der Waals surface area contributed by atoms with Gasteiger partial charge in [0, 0.05) is 39.3 Å². The Balaban J connectivity index is 2.07. The van der Waals surface area contributed by atoms with Crippen molar-refractivity contribution < 1.29 is 32.4 Å². The van der Waals surface area contributed by atoms with Crippen LogP contribution >= 0.6 is 23.2 Å². The number of rotatable bonds is 9. The molecule has 1 saturated heterocycles. The summed E-state index contributed by atoms with van der Waals surface area (Å²) in [5, 5.41) is 20.2. The molecule has 0 saturated carbocycles. The van der Waals surface area contributed by atoms with Gasteiger partial charge in [-0.1, -0.05) is 23.2 Å². The predicted octanol–water partition coefficient (Wildman–Crippen LogP) is 3.74. The van der Waals surface area contributed by atoms with Gasteiger partial charge in [-0.2, -0.15) is 13.2 Å². The number of anilines is 1. The number of nitrogens with one attached hydrogen (secondary N) is 1. The number of piperidine rings is 1. The van der Waals surface area contributed by atoms with Crippen LogP contribution in [0.2, 0.25) is 10.0 Å². The van der Waals surface area contributed by atoms with Gasteiger partial charge in [-0.15, -0.1) is 0 Å². The molecule has 3 atom stereocenters. The van der Waals surface area contributed by atoms with E-state index in [0.717, 1.165) is 0 Å². The average molecular weight is 520 g/mol. The highest BCUT2D eigenvalue weighted by molar-refractivity contribution is 7.92. The van der Waals surface area contributed by atoms with E-state index in [0.29, 0.717) is 15.7 Å². The third-order valence-corrected chi connectivity index (χ3v) is 8.10. The van der Waals surface area contributed by atoms with Gasteiger partial charge in [0.25, 0.3) is 0 Å². The Labute approximate surface area is 194 Å². The molecule has 1 aliphatic heterocycles. The number of carboxylic acid groups (broad SMARTS) is 1. The minimum atomic E-state index is -4.98. The van der Waals surface area contributed by atoms with Crippen molar-refractivity contribution in [1.29, 1.82) is 4.78 Å². The third kappa shape index (κ3) is 6.63. The molecule has 0 radical (unpaired) electrons. The van der Waals surface area contributed by atoms with Crippen molar-refractivity contribution in [1.82, 2.24) is 0 Å². The topological polar surface area (TPSA) is 128 Å². The molecule has 0 aliphatic carbocycles. The van der Waals surface area contributed by atoms with Crippen LogP contribution in [0, 0.1) is 10.7 Å². The average Bonchev–Trinajstić information content (AvgIpc) is 2.69. The first-order valence-electron chi connectivity index (χ1n) is 9.88. The fourth-order valence-electron chi connectivity index (χ4n) is 3.78. The van der Waals surface area contributed by atoms with Gasteiger partial charge in [0.05, 0.1) is 10.7 Å². The van der Waals surface area contributed by atoms with Crippen molar-refractivity contribution in [3.63, 3.8) is 0 Å². The number of carboxylic acids is 1. The molecule has 7 nitrogen and oxygen atoms in total. The second-order valence-corrected chi connectivity index (χ2v) is 11.3. The van der Waals surface area contributed by atoms with Crippen molar-refractivity contribution in [2.24, 2.45) is 11.7 Å². The van der Waals surface area contributed by atoms with Crippen LogP contribution in [0.5, 0.6) is 0 Å². The summed E-state index contributed by atoms with van der Waals surface area (Å²) in [5.41, 5.74) is 2.84. The smallest absolute Gasteiger partial charge is 0.417 e. The van der Waals surface area contributed by atoms with Gasteiger partial charge >= 0.3 is 12.1 Å². The molecule has 0 spiro atoms. The normalized spacial score (nSPS) is 20.4. The van der Waals surface area contributed by atoms with E-state index in [2.05, 4.69) is 0 Å². The van der Waals surface area contributed by atoms with Crippen LogP contribution in [-0.4, -0.2) is 62.8 Å². The van der Waals surface area contributed by atoms with Crippen molar-refractivity contribution in [2.75, 3.05) is 29.5 Å². The lowest BCUT2D eigenvalue weighted by molar-refractivity contribution is -0.282. The van der Waals surface area contributed by atoms with Gasteiger partial charge < -0.3 is 20.8 Å². The molecule has 1 heterocycles. The first kappa shape index (κ1) is 27.0. The number of aliphatic carboxylic acids is 1. The Bertz CT molecular complexity index is 925. The fraction of sp³-hybridized carbons (Fsp3) is 0.632. The Kier molecular flexibility index (Phi) is 8.71. The van der Waals surface area contributed by atoms with E-state index in [4.69, 9.17) is 38.8 Å². The zero-order valence-electron chi connectivity index (χ0n) is 17.1. The molecule has 1 aromatic carbocycles. The Morgan fingerprint density at radius 3 is 2.38 bits per heavy atom. The van der Waals surface area contributed by atoms with E-state index >= 15 is 0 Å². The maximum absolute atomic E-state index is 13.9. The summed E-state index contributed by atoms with van der Waals surface area (Å²) in [4.78, 5) is 12.6. The summed E-state index contributed by atoms with van der Waals surface area (Å²) >= 11 is 12.1. The van der Waals surface area contributed by atoms with Crippen LogP contribution in [0.4, 0.5) is 18.9 Å². The second kappa shape index (κ2) is 10.3. The van der Waals surface area contributed by atoms with E-state index in [1.54, 1.807) is 12.1 Å². The number of halogens is 5. The van der Waals surface area contributed by atoms with E-state index in [1.807, 2.05) is 4.90 Å². The molecule has 1 aliphatic rings. The maximum Gasteiger partial charge on any atom is 0.417 e. The minimum absolute atomic E-state index is 0.0119. The first-order valence-corrected chi connectivity index (χ1v) is 12.5. The molecule has 32 heavy (non-hydrogen) atoms. The molecule has 0 aromatic heterocycles. The highest BCUT2D eigenvalue weighted by Gasteiger charge is 2.58. The zero-order chi connectivity index (χ0) is 24.3. The molecule has 0 bridgehead atoms. The van der Waals surface area contributed by atoms with E-state index in [9.17, 15) is 27.3 Å². The number of nitrogens with two attached hydrogens (primary N) is 1. The number of carbonyl (C=O) groups is 1. The number of hydrogen-bond donors (Lipinski definition) is 4. The van der Waals surface area contributed by atoms with Crippen molar-refractivity contribution in [3.8, 4) is 0 Å². The van der Waals surface area contributed by atoms with Gasteiger partial charge in [0.15, 0.2) is 5.60 Å². The Morgan fingerprint density at radius 2 is 1.88 bits per heavy atom. The Hall–Kier alpha value is -1.27. The summed E-state index contributed by atoms with van der Waals surface area (Å²) in [5.74, 6) is -3.67. The quantitative estimate of drug-likeness (QED) is 0.393. The number of alkyl halides is 3. The monoisotopic (exact) mass is 519 g/mol. The van der Waals surface area contributed by atoms with Crippen molar-refractivity contribution >= 4 is 44.6 Å². The molecule has 1 aromatic rings. The molecule has 0 amide bonds. The summed E-state index contributed by atoms with van der Waals surface area (Å²) < 4.78 is 61.8. The lowest BCUT2D eigenvalue weighted by Crippen LogP contribution is -2.55. The molecule has 182 valence electrons. The van der Waals surface area contributed by atoms with Crippen LogP contribution in [0.15, 0.2) is 18.2 Å². The first-order chi connectivity index (χ1) is 14.7. The van der Waals surface area contributed by atoms with Crippen LogP contribution in [-0.2, 0) is 14.5 Å². The lowest BCUT2D eigenvalue weighted by atomic mass is 9.78. The number of nitrogens with zero attached hydrogens (tertiary/aromatic N) is 1. The van der Waals surface area contributed by atoms with Gasteiger partial charge in [-0.3, -0.25) is 9.57 Å². The predicted molar refractivity (Wildman–Crippen MR) is 118 cm³/mol. The maximum atomic E-state index is 13.9. The van der Waals surface area contributed by atoms with Crippen molar-refractivity contribution in [2.45, 2.75) is 43.5 Å². The van der Waals surface area contributed by atoms with E-state index in [-0.39, 0.29) is 32.4 Å². The lowest BCUT2D eigenvalue weighted by Gasteiger charge is -2.43. The zero-order valence-corrected chi connectivity index (χ0v) is 19.4. The molecule has 5 N–H and O–H groups in total. The minimum Gasteiger partial charge on any atom is -0.480 e. The second-order valence-electron chi connectivity index (χ2n) is 7.98. The molecular formula is C19H26Cl2F3N3O4S. The molecule has 2 rings (SSSR count). The van der Waals surface area contributed by atoms with Crippen LogP contribution in [0.3, 0.4) is 0 Å². The molecule has 2 unspecified atom stereocenters. The van der Waals surface area contributed by atoms with Gasteiger partial charge in [0.2, 0.25) is 0 Å². The number of benzene rings is 1. The molecular weight excluding hydrogens is 494 g/mol.